The maximum absolute atomic E-state index is 6.10. The molecule has 0 radical (unpaired) electrons. The standard InChI is InChI=1S/C10H10ClNS/c1-2-7-8-4-3-6(12)5-9(8)13-10(7)11/h3-5H,2,12H2,1H3. The van der Waals surface area contributed by atoms with Crippen molar-refractivity contribution >= 4 is 38.7 Å². The van der Waals surface area contributed by atoms with E-state index in [4.69, 9.17) is 17.3 Å². The van der Waals surface area contributed by atoms with Crippen LogP contribution < -0.4 is 5.73 Å². The van der Waals surface area contributed by atoms with Gasteiger partial charge in [0.2, 0.25) is 0 Å². The van der Waals surface area contributed by atoms with Crippen molar-refractivity contribution in [2.45, 2.75) is 13.3 Å². The maximum Gasteiger partial charge on any atom is 0.0972 e. The lowest BCUT2D eigenvalue weighted by Crippen LogP contribution is -1.82. The summed E-state index contributed by atoms with van der Waals surface area (Å²) in [6, 6.07) is 5.95. The number of fused-ring (bicyclic) bond motifs is 1. The molecular weight excluding hydrogens is 202 g/mol. The monoisotopic (exact) mass is 211 g/mol. The van der Waals surface area contributed by atoms with E-state index in [0.29, 0.717) is 0 Å². The van der Waals surface area contributed by atoms with Crippen LogP contribution in [0.1, 0.15) is 12.5 Å². The van der Waals surface area contributed by atoms with Crippen LogP contribution in [0.5, 0.6) is 0 Å². The number of anilines is 1. The molecule has 1 aromatic carbocycles. The summed E-state index contributed by atoms with van der Waals surface area (Å²) < 4.78 is 2.07. The van der Waals surface area contributed by atoms with Gasteiger partial charge < -0.3 is 5.73 Å². The fourth-order valence-electron chi connectivity index (χ4n) is 1.47. The Labute approximate surface area is 86.1 Å². The lowest BCUT2D eigenvalue weighted by Gasteiger charge is -1.95. The summed E-state index contributed by atoms with van der Waals surface area (Å²) in [5.41, 5.74) is 7.73. The number of rotatable bonds is 1. The summed E-state index contributed by atoms with van der Waals surface area (Å²) in [5.74, 6) is 0. The molecule has 0 atom stereocenters. The van der Waals surface area contributed by atoms with Crippen LogP contribution in [-0.2, 0) is 6.42 Å². The lowest BCUT2D eigenvalue weighted by atomic mass is 10.1. The fourth-order valence-corrected chi connectivity index (χ4v) is 3.02. The summed E-state index contributed by atoms with van der Waals surface area (Å²) in [6.07, 6.45) is 0.975. The molecule has 0 amide bonds. The largest absolute Gasteiger partial charge is 0.399 e. The Kier molecular flexibility index (Phi) is 2.18. The first-order valence-electron chi connectivity index (χ1n) is 4.18. The van der Waals surface area contributed by atoms with E-state index < -0.39 is 0 Å². The minimum absolute atomic E-state index is 0.799. The third-order valence-electron chi connectivity index (χ3n) is 2.12. The van der Waals surface area contributed by atoms with E-state index in [1.165, 1.54) is 15.6 Å². The number of thiophene rings is 1. The molecule has 0 aliphatic carbocycles. The highest BCUT2D eigenvalue weighted by molar-refractivity contribution is 7.23. The molecule has 1 aromatic heterocycles. The summed E-state index contributed by atoms with van der Waals surface area (Å²) in [7, 11) is 0. The van der Waals surface area contributed by atoms with E-state index in [9.17, 15) is 0 Å². The smallest absolute Gasteiger partial charge is 0.0972 e. The molecule has 2 N–H and O–H groups in total. The third-order valence-corrected chi connectivity index (χ3v) is 3.56. The van der Waals surface area contributed by atoms with Gasteiger partial charge in [-0.3, -0.25) is 0 Å². The Morgan fingerprint density at radius 3 is 2.92 bits per heavy atom. The van der Waals surface area contributed by atoms with E-state index in [2.05, 4.69) is 6.92 Å². The van der Waals surface area contributed by atoms with Crippen molar-refractivity contribution in [2.24, 2.45) is 0 Å². The van der Waals surface area contributed by atoms with Gasteiger partial charge in [0.25, 0.3) is 0 Å². The average molecular weight is 212 g/mol. The van der Waals surface area contributed by atoms with Gasteiger partial charge in [-0.15, -0.1) is 11.3 Å². The van der Waals surface area contributed by atoms with Crippen molar-refractivity contribution < 1.29 is 0 Å². The van der Waals surface area contributed by atoms with Crippen molar-refractivity contribution in [3.8, 4) is 0 Å². The minimum Gasteiger partial charge on any atom is -0.399 e. The number of nitrogen functional groups attached to an aromatic ring is 1. The molecule has 0 unspecified atom stereocenters. The van der Waals surface area contributed by atoms with E-state index in [1.54, 1.807) is 11.3 Å². The Morgan fingerprint density at radius 2 is 2.23 bits per heavy atom. The predicted octanol–water partition coefficient (Wildman–Crippen LogP) is 3.70. The molecule has 2 rings (SSSR count). The number of benzene rings is 1. The number of nitrogens with two attached hydrogens (primary N) is 1. The van der Waals surface area contributed by atoms with Gasteiger partial charge in [0.15, 0.2) is 0 Å². The molecular formula is C10H10ClNS. The zero-order chi connectivity index (χ0) is 9.42. The van der Waals surface area contributed by atoms with Gasteiger partial charge in [0, 0.05) is 10.4 Å². The second-order valence-corrected chi connectivity index (χ2v) is 4.62. The predicted molar refractivity (Wildman–Crippen MR) is 60.6 cm³/mol. The first kappa shape index (κ1) is 8.85. The molecule has 0 aliphatic rings. The van der Waals surface area contributed by atoms with E-state index in [1.807, 2.05) is 18.2 Å². The van der Waals surface area contributed by atoms with E-state index in [-0.39, 0.29) is 0 Å². The normalized spacial score (nSPS) is 10.9. The molecule has 0 saturated heterocycles. The summed E-state index contributed by atoms with van der Waals surface area (Å²) in [6.45, 7) is 2.11. The third kappa shape index (κ3) is 1.40. The van der Waals surface area contributed by atoms with Crippen molar-refractivity contribution in [1.82, 2.24) is 0 Å². The second-order valence-electron chi connectivity index (χ2n) is 2.96. The van der Waals surface area contributed by atoms with Gasteiger partial charge in [0.05, 0.1) is 4.34 Å². The number of halogens is 1. The molecule has 68 valence electrons. The molecule has 0 saturated carbocycles. The van der Waals surface area contributed by atoms with Crippen LogP contribution in [0.15, 0.2) is 18.2 Å². The molecule has 0 aliphatic heterocycles. The molecule has 2 aromatic rings. The van der Waals surface area contributed by atoms with E-state index in [0.717, 1.165) is 16.4 Å². The molecule has 1 heterocycles. The van der Waals surface area contributed by atoms with Crippen LogP contribution in [0.4, 0.5) is 5.69 Å². The second kappa shape index (κ2) is 3.20. The van der Waals surface area contributed by atoms with Gasteiger partial charge in [0.1, 0.15) is 0 Å². The van der Waals surface area contributed by atoms with Gasteiger partial charge >= 0.3 is 0 Å². The molecule has 0 spiro atoms. The van der Waals surface area contributed by atoms with E-state index >= 15 is 0 Å². The number of aryl methyl sites for hydroxylation is 1. The van der Waals surface area contributed by atoms with Crippen molar-refractivity contribution in [3.63, 3.8) is 0 Å². The molecule has 13 heavy (non-hydrogen) atoms. The van der Waals surface area contributed by atoms with Gasteiger partial charge in [-0.2, -0.15) is 0 Å². The van der Waals surface area contributed by atoms with Crippen molar-refractivity contribution in [2.75, 3.05) is 5.73 Å². The molecule has 3 heteroatoms. The van der Waals surface area contributed by atoms with Crippen LogP contribution in [0.2, 0.25) is 4.34 Å². The topological polar surface area (TPSA) is 26.0 Å². The zero-order valence-corrected chi connectivity index (χ0v) is 8.88. The highest BCUT2D eigenvalue weighted by Crippen LogP contribution is 2.36. The highest BCUT2D eigenvalue weighted by Gasteiger charge is 2.08. The van der Waals surface area contributed by atoms with Crippen LogP contribution >= 0.6 is 22.9 Å². The van der Waals surface area contributed by atoms with Crippen molar-refractivity contribution in [3.05, 3.63) is 28.1 Å². The minimum atomic E-state index is 0.799. The quantitative estimate of drug-likeness (QED) is 0.716. The lowest BCUT2D eigenvalue weighted by molar-refractivity contribution is 1.17. The maximum atomic E-state index is 6.10. The first-order valence-corrected chi connectivity index (χ1v) is 5.38. The van der Waals surface area contributed by atoms with Crippen molar-refractivity contribution in [1.29, 1.82) is 0 Å². The SMILES string of the molecule is CCc1c(Cl)sc2cc(N)ccc12. The van der Waals surface area contributed by atoms with Crippen LogP contribution in [-0.4, -0.2) is 0 Å². The Morgan fingerprint density at radius 1 is 1.46 bits per heavy atom. The van der Waals surface area contributed by atoms with Gasteiger partial charge in [-0.25, -0.2) is 0 Å². The Bertz CT molecular complexity index is 447. The van der Waals surface area contributed by atoms with Crippen LogP contribution in [0.3, 0.4) is 0 Å². The molecule has 0 bridgehead atoms. The van der Waals surface area contributed by atoms with Gasteiger partial charge in [-0.05, 0) is 29.5 Å². The van der Waals surface area contributed by atoms with Crippen LogP contribution in [0, 0.1) is 0 Å². The zero-order valence-electron chi connectivity index (χ0n) is 7.30. The first-order chi connectivity index (χ1) is 6.22. The summed E-state index contributed by atoms with van der Waals surface area (Å²) >= 11 is 7.70. The fraction of sp³-hybridized carbons (Fsp3) is 0.200. The Hall–Kier alpha value is -0.730. The summed E-state index contributed by atoms with van der Waals surface area (Å²) in [4.78, 5) is 0. The van der Waals surface area contributed by atoms with Crippen LogP contribution in [0.25, 0.3) is 10.1 Å². The number of hydrogen-bond acceptors (Lipinski definition) is 2. The molecule has 0 fully saturated rings. The average Bonchev–Trinajstić information content (AvgIpc) is 2.39. The highest BCUT2D eigenvalue weighted by atomic mass is 35.5. The summed E-state index contributed by atoms with van der Waals surface area (Å²) in [5, 5.41) is 1.24. The number of hydrogen-bond donors (Lipinski definition) is 1. The van der Waals surface area contributed by atoms with Gasteiger partial charge in [-0.1, -0.05) is 24.6 Å². The Balaban J connectivity index is 2.79. The molecule has 1 nitrogen and oxygen atoms in total.